The van der Waals surface area contributed by atoms with Gasteiger partial charge in [0.15, 0.2) is 5.16 Å². The van der Waals surface area contributed by atoms with Gasteiger partial charge in [-0.15, -0.1) is 0 Å². The van der Waals surface area contributed by atoms with Crippen LogP contribution in [0.15, 0.2) is 82.7 Å². The van der Waals surface area contributed by atoms with Crippen LogP contribution in [0.2, 0.25) is 0 Å². The molecule has 1 aromatic heterocycles. The number of carbonyl (C=O) groups is 1. The molecule has 4 rings (SSSR count). The number of nitro benzene ring substituents is 1. The van der Waals surface area contributed by atoms with Gasteiger partial charge in [0.2, 0.25) is 5.91 Å². The van der Waals surface area contributed by atoms with Crippen LogP contribution in [-0.4, -0.2) is 26.1 Å². The Bertz CT molecular complexity index is 1380. The molecule has 8 nitrogen and oxygen atoms in total. The molecular formula is C24H20N4O4S. The number of amides is 1. The molecule has 0 spiro atoms. The van der Waals surface area contributed by atoms with E-state index in [4.69, 9.17) is 0 Å². The van der Waals surface area contributed by atoms with Crippen LogP contribution in [0.1, 0.15) is 12.5 Å². The quantitative estimate of drug-likeness (QED) is 0.187. The van der Waals surface area contributed by atoms with Crippen LogP contribution in [0.4, 0.5) is 11.4 Å². The summed E-state index contributed by atoms with van der Waals surface area (Å²) in [6.07, 6.45) is 0.915. The highest BCUT2D eigenvalue weighted by molar-refractivity contribution is 7.99. The minimum Gasteiger partial charge on any atom is -0.325 e. The van der Waals surface area contributed by atoms with Gasteiger partial charge in [0.25, 0.3) is 11.2 Å². The van der Waals surface area contributed by atoms with Crippen LogP contribution < -0.4 is 10.9 Å². The van der Waals surface area contributed by atoms with Gasteiger partial charge in [-0.25, -0.2) is 4.98 Å². The van der Waals surface area contributed by atoms with E-state index in [1.54, 1.807) is 24.3 Å². The number of hydrogen-bond donors (Lipinski definition) is 1. The highest BCUT2D eigenvalue weighted by Gasteiger charge is 2.16. The molecule has 0 fully saturated rings. The normalized spacial score (nSPS) is 10.8. The molecule has 0 saturated carbocycles. The third kappa shape index (κ3) is 4.93. The SMILES string of the molecule is CCc1ccc(NC(=O)CSc2nc3ccccc3c(=O)n2-c2ccc([N+](=O)[O-])cc2)cc1. The van der Waals surface area contributed by atoms with Gasteiger partial charge in [0.05, 0.1) is 27.3 Å². The molecule has 0 bridgehead atoms. The van der Waals surface area contributed by atoms with E-state index in [2.05, 4.69) is 17.2 Å². The highest BCUT2D eigenvalue weighted by atomic mass is 32.2. The van der Waals surface area contributed by atoms with Crippen LogP contribution in [-0.2, 0) is 11.2 Å². The number of nitro groups is 1. The summed E-state index contributed by atoms with van der Waals surface area (Å²) in [5, 5.41) is 14.6. The fourth-order valence-corrected chi connectivity index (χ4v) is 4.12. The lowest BCUT2D eigenvalue weighted by Crippen LogP contribution is -2.23. The predicted molar refractivity (Wildman–Crippen MR) is 129 cm³/mol. The molecule has 1 heterocycles. The first-order valence-electron chi connectivity index (χ1n) is 10.2. The summed E-state index contributed by atoms with van der Waals surface area (Å²) in [5.74, 6) is -0.199. The first-order valence-corrected chi connectivity index (χ1v) is 11.2. The molecule has 9 heteroatoms. The lowest BCUT2D eigenvalue weighted by atomic mass is 10.1. The zero-order valence-electron chi connectivity index (χ0n) is 17.7. The molecule has 0 saturated heterocycles. The predicted octanol–water partition coefficient (Wildman–Crippen LogP) is 4.59. The van der Waals surface area contributed by atoms with E-state index < -0.39 is 4.92 Å². The number of hydrogen-bond acceptors (Lipinski definition) is 6. The summed E-state index contributed by atoms with van der Waals surface area (Å²) in [4.78, 5) is 40.9. The Kier molecular flexibility index (Phi) is 6.50. The number of nitrogens with one attached hydrogen (secondary N) is 1. The Morgan fingerprint density at radius 3 is 2.42 bits per heavy atom. The third-order valence-corrected chi connectivity index (χ3v) is 5.98. The van der Waals surface area contributed by atoms with E-state index in [1.165, 1.54) is 34.4 Å². The Balaban J connectivity index is 1.64. The molecule has 0 atom stereocenters. The van der Waals surface area contributed by atoms with Crippen molar-refractivity contribution in [2.45, 2.75) is 18.5 Å². The molecular weight excluding hydrogens is 440 g/mol. The van der Waals surface area contributed by atoms with E-state index >= 15 is 0 Å². The summed E-state index contributed by atoms with van der Waals surface area (Å²) in [6.45, 7) is 2.06. The van der Waals surface area contributed by atoms with E-state index in [0.717, 1.165) is 18.2 Å². The first-order chi connectivity index (χ1) is 16.0. The van der Waals surface area contributed by atoms with Gasteiger partial charge in [-0.1, -0.05) is 43.0 Å². The molecule has 166 valence electrons. The summed E-state index contributed by atoms with van der Waals surface area (Å²) >= 11 is 1.12. The lowest BCUT2D eigenvalue weighted by molar-refractivity contribution is -0.384. The van der Waals surface area contributed by atoms with Crippen LogP contribution in [0.5, 0.6) is 0 Å². The molecule has 1 N–H and O–H groups in total. The second kappa shape index (κ2) is 9.66. The van der Waals surface area contributed by atoms with Crippen molar-refractivity contribution in [3.05, 3.63) is 98.8 Å². The largest absolute Gasteiger partial charge is 0.325 e. The zero-order chi connectivity index (χ0) is 23.4. The summed E-state index contributed by atoms with van der Waals surface area (Å²) < 4.78 is 1.38. The molecule has 0 aliphatic rings. The van der Waals surface area contributed by atoms with Crippen molar-refractivity contribution < 1.29 is 9.72 Å². The van der Waals surface area contributed by atoms with Crippen molar-refractivity contribution >= 4 is 39.9 Å². The highest BCUT2D eigenvalue weighted by Crippen LogP contribution is 2.23. The monoisotopic (exact) mass is 460 g/mol. The van der Waals surface area contributed by atoms with E-state index in [9.17, 15) is 19.7 Å². The summed E-state index contributed by atoms with van der Waals surface area (Å²) in [6, 6.07) is 20.2. The Labute approximate surface area is 193 Å². The molecule has 1 amide bonds. The van der Waals surface area contributed by atoms with E-state index in [1.807, 2.05) is 24.3 Å². The minimum atomic E-state index is -0.502. The van der Waals surface area contributed by atoms with Crippen LogP contribution in [0, 0.1) is 10.1 Å². The van der Waals surface area contributed by atoms with Crippen molar-refractivity contribution in [3.63, 3.8) is 0 Å². The fourth-order valence-electron chi connectivity index (χ4n) is 3.31. The smallest absolute Gasteiger partial charge is 0.269 e. The van der Waals surface area contributed by atoms with Gasteiger partial charge in [-0.3, -0.25) is 24.3 Å². The number of anilines is 1. The number of non-ortho nitro benzene ring substituents is 1. The number of thioether (sulfide) groups is 1. The molecule has 3 aromatic carbocycles. The van der Waals surface area contributed by atoms with Crippen molar-refractivity contribution in [1.29, 1.82) is 0 Å². The maximum absolute atomic E-state index is 13.2. The van der Waals surface area contributed by atoms with Gasteiger partial charge in [-0.2, -0.15) is 0 Å². The van der Waals surface area contributed by atoms with Crippen molar-refractivity contribution in [1.82, 2.24) is 9.55 Å². The van der Waals surface area contributed by atoms with Crippen molar-refractivity contribution in [3.8, 4) is 5.69 Å². The first kappa shape index (κ1) is 22.2. The molecule has 0 aliphatic heterocycles. The van der Waals surface area contributed by atoms with E-state index in [0.29, 0.717) is 27.4 Å². The molecule has 33 heavy (non-hydrogen) atoms. The molecule has 0 aliphatic carbocycles. The second-order valence-electron chi connectivity index (χ2n) is 7.21. The van der Waals surface area contributed by atoms with Crippen LogP contribution in [0.25, 0.3) is 16.6 Å². The second-order valence-corrected chi connectivity index (χ2v) is 8.16. The Morgan fingerprint density at radius 1 is 1.06 bits per heavy atom. The number of para-hydroxylation sites is 1. The lowest BCUT2D eigenvalue weighted by Gasteiger charge is -2.13. The fraction of sp³-hybridized carbons (Fsp3) is 0.125. The molecule has 0 radical (unpaired) electrons. The van der Waals surface area contributed by atoms with Gasteiger partial charge in [0, 0.05) is 17.8 Å². The number of benzene rings is 3. The summed E-state index contributed by atoms with van der Waals surface area (Å²) in [5.41, 5.74) is 2.42. The number of nitrogens with zero attached hydrogens (tertiary/aromatic N) is 3. The average Bonchev–Trinajstić information content (AvgIpc) is 2.83. The van der Waals surface area contributed by atoms with Crippen molar-refractivity contribution in [2.24, 2.45) is 0 Å². The molecule has 4 aromatic rings. The number of aryl methyl sites for hydroxylation is 1. The Hall–Kier alpha value is -3.98. The number of carbonyl (C=O) groups excluding carboxylic acids is 1. The van der Waals surface area contributed by atoms with Crippen molar-refractivity contribution in [2.75, 3.05) is 11.1 Å². The maximum atomic E-state index is 13.2. The van der Waals surface area contributed by atoms with Crippen LogP contribution in [0.3, 0.4) is 0 Å². The number of aromatic nitrogens is 2. The minimum absolute atomic E-state index is 0.0350. The topological polar surface area (TPSA) is 107 Å². The number of fused-ring (bicyclic) bond motifs is 1. The van der Waals surface area contributed by atoms with E-state index in [-0.39, 0.29) is 22.9 Å². The molecule has 0 unspecified atom stereocenters. The third-order valence-electron chi connectivity index (χ3n) is 5.04. The van der Waals surface area contributed by atoms with Crippen LogP contribution >= 0.6 is 11.8 Å². The summed E-state index contributed by atoms with van der Waals surface area (Å²) in [7, 11) is 0. The average molecular weight is 461 g/mol. The van der Waals surface area contributed by atoms with Gasteiger partial charge >= 0.3 is 0 Å². The van der Waals surface area contributed by atoms with Gasteiger partial charge in [-0.05, 0) is 48.4 Å². The maximum Gasteiger partial charge on any atom is 0.269 e. The zero-order valence-corrected chi connectivity index (χ0v) is 18.5. The number of rotatable bonds is 7. The Morgan fingerprint density at radius 2 is 1.76 bits per heavy atom. The van der Waals surface area contributed by atoms with Gasteiger partial charge in [0.1, 0.15) is 0 Å². The standard InChI is InChI=1S/C24H20N4O4S/c1-2-16-7-9-17(10-8-16)25-22(29)15-33-24-26-21-6-4-3-5-20(21)23(30)27(24)18-11-13-19(14-12-18)28(31)32/h3-14H,2,15H2,1H3,(H,25,29). The van der Waals surface area contributed by atoms with Gasteiger partial charge < -0.3 is 5.32 Å².